The van der Waals surface area contributed by atoms with E-state index in [9.17, 15) is 13.8 Å². The van der Waals surface area contributed by atoms with Crippen molar-refractivity contribution in [2.45, 2.75) is 32.4 Å². The molecule has 1 amide bonds. The largest absolute Gasteiger partial charge is 0.480 e. The molecular weight excluding hydrogens is 230 g/mol. The number of carbonyl (C=O) groups is 2. The number of carbonyl (C=O) groups excluding carboxylic acids is 1. The Morgan fingerprint density at radius 3 is 2.31 bits per heavy atom. The van der Waals surface area contributed by atoms with Gasteiger partial charge in [0.1, 0.15) is 5.25 Å². The molecule has 0 bridgehead atoms. The third-order valence-electron chi connectivity index (χ3n) is 2.04. The van der Waals surface area contributed by atoms with Gasteiger partial charge in [0.2, 0.25) is 5.91 Å². The molecule has 0 aromatic rings. The van der Waals surface area contributed by atoms with Crippen molar-refractivity contribution < 1.29 is 18.9 Å². The summed E-state index contributed by atoms with van der Waals surface area (Å²) >= 11 is 0. The minimum Gasteiger partial charge on any atom is -0.480 e. The molecule has 0 aromatic carbocycles. The predicted octanol–water partition coefficient (Wildman–Crippen LogP) is 0.370. The summed E-state index contributed by atoms with van der Waals surface area (Å²) in [7, 11) is -1.50. The third-order valence-corrected chi connectivity index (χ3v) is 3.96. The highest BCUT2D eigenvalue weighted by Crippen LogP contribution is 2.10. The molecule has 16 heavy (non-hydrogen) atoms. The zero-order valence-corrected chi connectivity index (χ0v) is 10.7. The number of carboxylic acid groups (broad SMARTS) is 1. The second-order valence-electron chi connectivity index (χ2n) is 3.79. The van der Waals surface area contributed by atoms with Gasteiger partial charge < -0.3 is 10.4 Å². The third kappa shape index (κ3) is 5.25. The van der Waals surface area contributed by atoms with Crippen LogP contribution in [-0.2, 0) is 20.4 Å². The number of rotatable bonds is 7. The summed E-state index contributed by atoms with van der Waals surface area (Å²) in [6.45, 7) is 5.74. The molecule has 0 aromatic heterocycles. The molecule has 2 unspecified atom stereocenters. The van der Waals surface area contributed by atoms with E-state index in [1.54, 1.807) is 20.8 Å². The van der Waals surface area contributed by atoms with E-state index >= 15 is 0 Å². The molecule has 94 valence electrons. The van der Waals surface area contributed by atoms with Crippen LogP contribution in [0.3, 0.4) is 0 Å². The van der Waals surface area contributed by atoms with Crippen molar-refractivity contribution >= 4 is 22.7 Å². The standard InChI is InChI=1S/C10H19NO4S/c1-4-11-8(12)5-6-16(15)9(7(2)3)10(13)14/h7,9H,4-6H2,1-3H3,(H,11,12)(H,13,14). The lowest BCUT2D eigenvalue weighted by atomic mass is 10.1. The number of hydrogen-bond donors (Lipinski definition) is 2. The topological polar surface area (TPSA) is 83.5 Å². The van der Waals surface area contributed by atoms with Crippen LogP contribution in [-0.4, -0.2) is 38.7 Å². The van der Waals surface area contributed by atoms with Gasteiger partial charge in [-0.1, -0.05) is 13.8 Å². The minimum absolute atomic E-state index is 0.0982. The number of carboxylic acids is 1. The van der Waals surface area contributed by atoms with Crippen LogP contribution in [0.4, 0.5) is 0 Å². The maximum absolute atomic E-state index is 11.7. The predicted molar refractivity (Wildman–Crippen MR) is 62.6 cm³/mol. The Balaban J connectivity index is 4.22. The molecule has 2 atom stereocenters. The Hall–Kier alpha value is -0.910. The molecule has 0 heterocycles. The van der Waals surface area contributed by atoms with Gasteiger partial charge in [0.25, 0.3) is 0 Å². The van der Waals surface area contributed by atoms with Crippen molar-refractivity contribution in [3.63, 3.8) is 0 Å². The van der Waals surface area contributed by atoms with Crippen LogP contribution in [0.15, 0.2) is 0 Å². The van der Waals surface area contributed by atoms with Crippen molar-refractivity contribution in [3.05, 3.63) is 0 Å². The highest BCUT2D eigenvalue weighted by Gasteiger charge is 2.28. The SMILES string of the molecule is CCNC(=O)CCS(=O)C(C(=O)O)C(C)C. The molecular formula is C10H19NO4S. The molecule has 0 fully saturated rings. The summed E-state index contributed by atoms with van der Waals surface area (Å²) in [5.41, 5.74) is 0. The lowest BCUT2D eigenvalue weighted by molar-refractivity contribution is -0.137. The fraction of sp³-hybridized carbons (Fsp3) is 0.800. The maximum Gasteiger partial charge on any atom is 0.319 e. The lowest BCUT2D eigenvalue weighted by Gasteiger charge is -2.15. The first-order chi connectivity index (χ1) is 7.40. The molecule has 6 heteroatoms. The Morgan fingerprint density at radius 1 is 1.38 bits per heavy atom. The fourth-order valence-corrected chi connectivity index (χ4v) is 2.78. The van der Waals surface area contributed by atoms with E-state index in [-0.39, 0.29) is 24.0 Å². The summed E-state index contributed by atoms with van der Waals surface area (Å²) in [5.74, 6) is -1.36. The Kier molecular flexibility index (Phi) is 6.96. The van der Waals surface area contributed by atoms with Crippen LogP contribution in [0.25, 0.3) is 0 Å². The van der Waals surface area contributed by atoms with Crippen molar-refractivity contribution in [2.24, 2.45) is 5.92 Å². The van der Waals surface area contributed by atoms with Gasteiger partial charge in [-0.25, -0.2) is 0 Å². The van der Waals surface area contributed by atoms with Crippen molar-refractivity contribution in [3.8, 4) is 0 Å². The van der Waals surface area contributed by atoms with E-state index in [0.717, 1.165) is 0 Å². The second kappa shape index (κ2) is 7.38. The summed E-state index contributed by atoms with van der Waals surface area (Å²) in [5, 5.41) is 10.6. The van der Waals surface area contributed by atoms with Gasteiger partial charge in [0.05, 0.1) is 0 Å². The number of hydrogen-bond acceptors (Lipinski definition) is 3. The molecule has 5 nitrogen and oxygen atoms in total. The Morgan fingerprint density at radius 2 is 1.94 bits per heavy atom. The van der Waals surface area contributed by atoms with Crippen LogP contribution in [0, 0.1) is 5.92 Å². The quantitative estimate of drug-likeness (QED) is 0.683. The zero-order valence-electron chi connectivity index (χ0n) is 9.86. The highest BCUT2D eigenvalue weighted by molar-refractivity contribution is 7.86. The Labute approximate surface area is 98.1 Å². The van der Waals surface area contributed by atoms with Gasteiger partial charge in [-0.05, 0) is 12.8 Å². The van der Waals surface area contributed by atoms with E-state index in [1.165, 1.54) is 0 Å². The summed E-state index contributed by atoms with van der Waals surface area (Å²) in [6.07, 6.45) is 0.108. The number of nitrogens with one attached hydrogen (secondary N) is 1. The van der Waals surface area contributed by atoms with E-state index in [4.69, 9.17) is 5.11 Å². The summed E-state index contributed by atoms with van der Waals surface area (Å²) in [6, 6.07) is 0. The van der Waals surface area contributed by atoms with Crippen LogP contribution in [0.2, 0.25) is 0 Å². The monoisotopic (exact) mass is 249 g/mol. The van der Waals surface area contributed by atoms with Crippen LogP contribution in [0.1, 0.15) is 27.2 Å². The van der Waals surface area contributed by atoms with Gasteiger partial charge in [-0.2, -0.15) is 0 Å². The molecule has 0 aliphatic rings. The van der Waals surface area contributed by atoms with Crippen molar-refractivity contribution in [2.75, 3.05) is 12.3 Å². The average Bonchev–Trinajstić information content (AvgIpc) is 2.14. The Bertz CT molecular complexity index is 278. The van der Waals surface area contributed by atoms with Crippen LogP contribution < -0.4 is 5.32 Å². The van der Waals surface area contributed by atoms with Crippen molar-refractivity contribution in [1.29, 1.82) is 0 Å². The first kappa shape index (κ1) is 15.1. The highest BCUT2D eigenvalue weighted by atomic mass is 32.2. The maximum atomic E-state index is 11.7. The smallest absolute Gasteiger partial charge is 0.319 e. The molecule has 0 rings (SSSR count). The summed E-state index contributed by atoms with van der Waals surface area (Å²) in [4.78, 5) is 22.0. The van der Waals surface area contributed by atoms with E-state index in [1.807, 2.05) is 0 Å². The van der Waals surface area contributed by atoms with Gasteiger partial charge in [-0.15, -0.1) is 0 Å². The molecule has 0 aliphatic carbocycles. The lowest BCUT2D eigenvalue weighted by Crippen LogP contribution is -2.34. The molecule has 0 saturated carbocycles. The van der Waals surface area contributed by atoms with Crippen LogP contribution in [0.5, 0.6) is 0 Å². The van der Waals surface area contributed by atoms with Gasteiger partial charge in [-0.3, -0.25) is 13.8 Å². The normalized spacial score (nSPS) is 14.5. The molecule has 0 aliphatic heterocycles. The zero-order chi connectivity index (χ0) is 12.7. The van der Waals surface area contributed by atoms with Gasteiger partial charge in [0.15, 0.2) is 0 Å². The molecule has 0 spiro atoms. The van der Waals surface area contributed by atoms with E-state index in [0.29, 0.717) is 6.54 Å². The number of amides is 1. The number of aliphatic carboxylic acids is 1. The van der Waals surface area contributed by atoms with E-state index < -0.39 is 22.0 Å². The van der Waals surface area contributed by atoms with E-state index in [2.05, 4.69) is 5.32 Å². The fourth-order valence-electron chi connectivity index (χ4n) is 1.31. The summed E-state index contributed by atoms with van der Waals surface area (Å²) < 4.78 is 11.7. The molecule has 0 radical (unpaired) electrons. The van der Waals surface area contributed by atoms with Gasteiger partial charge in [0, 0.05) is 29.5 Å². The van der Waals surface area contributed by atoms with Crippen molar-refractivity contribution in [1.82, 2.24) is 5.32 Å². The average molecular weight is 249 g/mol. The first-order valence-corrected chi connectivity index (χ1v) is 6.65. The van der Waals surface area contributed by atoms with Gasteiger partial charge >= 0.3 is 5.97 Å². The van der Waals surface area contributed by atoms with Crippen LogP contribution >= 0.6 is 0 Å². The molecule has 2 N–H and O–H groups in total. The second-order valence-corrected chi connectivity index (χ2v) is 5.47. The first-order valence-electron chi connectivity index (χ1n) is 5.26. The minimum atomic E-state index is -1.50. The molecule has 0 saturated heterocycles.